The molecular formula is C39H49NO10. The number of Topliss-reactive ketones (excluding diaryl/α,β-unsaturated/α-hetero) is 2. The second-order valence-electron chi connectivity index (χ2n) is 14.9. The van der Waals surface area contributed by atoms with Crippen molar-refractivity contribution >= 4 is 23.3 Å². The summed E-state index contributed by atoms with van der Waals surface area (Å²) < 4.78 is 24.8. The molecule has 1 saturated heterocycles. The van der Waals surface area contributed by atoms with E-state index in [2.05, 4.69) is 5.32 Å². The molecule has 0 saturated carbocycles. The molecule has 0 spiro atoms. The van der Waals surface area contributed by atoms with Gasteiger partial charge in [0.25, 0.3) is 5.91 Å². The van der Waals surface area contributed by atoms with E-state index >= 15 is 0 Å². The van der Waals surface area contributed by atoms with Gasteiger partial charge in [-0.1, -0.05) is 58.1 Å². The van der Waals surface area contributed by atoms with Gasteiger partial charge in [-0.2, -0.15) is 0 Å². The number of allylic oxidation sites excluding steroid dienone is 4. The summed E-state index contributed by atoms with van der Waals surface area (Å²) in [6.07, 6.45) is 7.80. The van der Waals surface area contributed by atoms with Crippen molar-refractivity contribution in [3.8, 4) is 11.5 Å². The first-order valence-electron chi connectivity index (χ1n) is 17.2. The van der Waals surface area contributed by atoms with Crippen molar-refractivity contribution in [1.29, 1.82) is 0 Å². The topological polar surface area (TPSA) is 158 Å². The molecule has 4 heterocycles. The molecule has 270 valence electrons. The third kappa shape index (κ3) is 6.52. The van der Waals surface area contributed by atoms with Crippen LogP contribution in [-0.2, 0) is 19.0 Å². The SMILES string of the molecule is CO[C@H]1/C=C/C[C@]2(C)Oc3c(C)c(O)c4c(c3C2=O)C(=O)C=C(NC(=O)/C(C)=C\C=C\[C@H](C)[C@@H]2OC(C)(C)O[C@@H]([C@@H](C)[C@H](O)[C@@H]1C)[C@@H]2C)C4=O. The number of benzene rings is 1. The fourth-order valence-corrected chi connectivity index (χ4v) is 7.62. The number of ketones is 3. The molecule has 0 radical (unpaired) electrons. The standard InChI is InChI=1S/C39H49NO10/c1-18-13-11-14-19(2)37(46)40-24-17-25(41)27-28(32(24)44)31(43)22(5)35-29(27)36(45)39(9,50-35)16-12-15-26(47-10)20(3)30(42)21(4)34-23(6)33(18)48-38(7,8)49-34/h11-15,17-18,20-21,23,26,30,33-34,42-43H,16H2,1-10H3,(H,40,46)/b13-11+,15-12+,19-14-/t18-,20+,21-,23+,26-,30+,33-,34-,39-/m0/s1. The number of nitrogens with one attached hydrogen (secondary N) is 1. The molecule has 9 atom stereocenters. The molecule has 3 N–H and O–H groups in total. The first-order valence-corrected chi connectivity index (χ1v) is 17.2. The molecule has 5 aliphatic rings. The molecule has 0 aromatic heterocycles. The van der Waals surface area contributed by atoms with Crippen LogP contribution >= 0.6 is 0 Å². The average Bonchev–Trinajstić information content (AvgIpc) is 3.32. The molecule has 6 rings (SSSR count). The van der Waals surface area contributed by atoms with Crippen LogP contribution in [0.1, 0.15) is 98.4 Å². The normalized spacial score (nSPS) is 36.9. The van der Waals surface area contributed by atoms with E-state index in [1.54, 1.807) is 45.3 Å². The lowest BCUT2D eigenvalue weighted by Gasteiger charge is -2.49. The second-order valence-corrected chi connectivity index (χ2v) is 14.9. The van der Waals surface area contributed by atoms with E-state index in [0.717, 1.165) is 6.08 Å². The van der Waals surface area contributed by atoms with Crippen molar-refractivity contribution in [3.05, 3.63) is 70.0 Å². The summed E-state index contributed by atoms with van der Waals surface area (Å²) in [6.45, 7) is 16.3. The maximum Gasteiger partial charge on any atom is 0.251 e. The molecule has 1 aromatic carbocycles. The van der Waals surface area contributed by atoms with E-state index in [1.807, 2.05) is 47.6 Å². The van der Waals surface area contributed by atoms with E-state index in [1.165, 1.54) is 6.92 Å². The number of carbonyl (C=O) groups excluding carboxylic acids is 4. The Kier molecular flexibility index (Phi) is 10.2. The number of methoxy groups -OCH3 is 1. The molecule has 1 aliphatic carbocycles. The summed E-state index contributed by atoms with van der Waals surface area (Å²) in [5.74, 6) is -4.97. The molecule has 11 heteroatoms. The van der Waals surface area contributed by atoms with E-state index in [9.17, 15) is 29.4 Å². The Morgan fingerprint density at radius 2 is 1.56 bits per heavy atom. The van der Waals surface area contributed by atoms with Crippen molar-refractivity contribution < 1.29 is 48.3 Å². The zero-order valence-corrected chi connectivity index (χ0v) is 30.5. The highest BCUT2D eigenvalue weighted by Crippen LogP contribution is 2.48. The zero-order valence-electron chi connectivity index (χ0n) is 30.5. The number of aromatic hydroxyl groups is 1. The Morgan fingerprint density at radius 1 is 0.900 bits per heavy atom. The van der Waals surface area contributed by atoms with Crippen molar-refractivity contribution in [1.82, 2.24) is 5.32 Å². The van der Waals surface area contributed by atoms with Gasteiger partial charge >= 0.3 is 0 Å². The van der Waals surface area contributed by atoms with Crippen LogP contribution in [-0.4, -0.2) is 76.4 Å². The summed E-state index contributed by atoms with van der Waals surface area (Å²) in [6, 6.07) is 0. The fourth-order valence-electron chi connectivity index (χ4n) is 7.62. The van der Waals surface area contributed by atoms with Crippen LogP contribution in [0.5, 0.6) is 11.5 Å². The van der Waals surface area contributed by atoms with Crippen molar-refractivity contribution in [3.63, 3.8) is 0 Å². The molecule has 7 bridgehead atoms. The lowest BCUT2D eigenvalue weighted by Crippen LogP contribution is -2.56. The van der Waals surface area contributed by atoms with Crippen molar-refractivity contribution in [2.75, 3.05) is 7.11 Å². The number of aliphatic hydroxyl groups excluding tert-OH is 1. The van der Waals surface area contributed by atoms with Crippen LogP contribution in [0.25, 0.3) is 0 Å². The van der Waals surface area contributed by atoms with Gasteiger partial charge in [0.1, 0.15) is 11.5 Å². The average molecular weight is 692 g/mol. The molecule has 11 nitrogen and oxygen atoms in total. The monoisotopic (exact) mass is 691 g/mol. The number of hydrogen-bond acceptors (Lipinski definition) is 10. The highest BCUT2D eigenvalue weighted by molar-refractivity contribution is 6.31. The summed E-state index contributed by atoms with van der Waals surface area (Å²) in [5.41, 5.74) is -2.08. The van der Waals surface area contributed by atoms with E-state index in [0.29, 0.717) is 0 Å². The third-order valence-electron chi connectivity index (χ3n) is 10.7. The van der Waals surface area contributed by atoms with Crippen LogP contribution < -0.4 is 10.1 Å². The van der Waals surface area contributed by atoms with Gasteiger partial charge in [0.05, 0.1) is 46.8 Å². The Balaban J connectivity index is 1.59. The molecule has 1 amide bonds. The molecule has 1 aromatic rings. The molecule has 0 unspecified atom stereocenters. The van der Waals surface area contributed by atoms with Gasteiger partial charge in [-0.05, 0) is 34.6 Å². The summed E-state index contributed by atoms with van der Waals surface area (Å²) in [7, 11) is 1.55. The smallest absolute Gasteiger partial charge is 0.251 e. The van der Waals surface area contributed by atoms with E-state index in [-0.39, 0.29) is 81.6 Å². The summed E-state index contributed by atoms with van der Waals surface area (Å²) >= 11 is 0. The fraction of sp³-hybridized carbons (Fsp3) is 0.538. The minimum absolute atomic E-state index is 0.0298. The molecule has 4 aliphatic heterocycles. The summed E-state index contributed by atoms with van der Waals surface area (Å²) in [4.78, 5) is 54.5. The van der Waals surface area contributed by atoms with Gasteiger partial charge < -0.3 is 34.5 Å². The number of aliphatic hydroxyl groups is 1. The number of amides is 1. The number of fused-ring (bicyclic) bond motifs is 10. The highest BCUT2D eigenvalue weighted by atomic mass is 16.7. The van der Waals surface area contributed by atoms with Gasteiger partial charge in [-0.25, -0.2) is 0 Å². The van der Waals surface area contributed by atoms with Crippen LogP contribution in [0.15, 0.2) is 47.7 Å². The first kappa shape index (κ1) is 37.4. The van der Waals surface area contributed by atoms with Gasteiger partial charge in [0, 0.05) is 54.4 Å². The van der Waals surface area contributed by atoms with Gasteiger partial charge in [0.15, 0.2) is 17.2 Å². The number of carbonyl (C=O) groups is 4. The Morgan fingerprint density at radius 3 is 2.22 bits per heavy atom. The van der Waals surface area contributed by atoms with Gasteiger partial charge in [-0.15, -0.1) is 0 Å². The molecular weight excluding hydrogens is 642 g/mol. The summed E-state index contributed by atoms with van der Waals surface area (Å²) in [5, 5.41) is 25.4. The van der Waals surface area contributed by atoms with E-state index in [4.69, 9.17) is 18.9 Å². The predicted molar refractivity (Wildman–Crippen MR) is 185 cm³/mol. The predicted octanol–water partition coefficient (Wildman–Crippen LogP) is 5.32. The minimum atomic E-state index is -1.47. The van der Waals surface area contributed by atoms with Crippen molar-refractivity contribution in [2.45, 2.75) is 105 Å². The molecule has 50 heavy (non-hydrogen) atoms. The number of phenolic OH excluding ortho intramolecular Hbond substituents is 1. The Labute approximate surface area is 293 Å². The van der Waals surface area contributed by atoms with Gasteiger partial charge in [0.2, 0.25) is 11.6 Å². The lowest BCUT2D eigenvalue weighted by atomic mass is 9.77. The van der Waals surface area contributed by atoms with Crippen LogP contribution in [0.2, 0.25) is 0 Å². The Hall–Kier alpha value is -3.90. The van der Waals surface area contributed by atoms with Gasteiger partial charge in [-0.3, -0.25) is 19.2 Å². The largest absolute Gasteiger partial charge is 0.507 e. The number of rotatable bonds is 1. The highest BCUT2D eigenvalue weighted by Gasteiger charge is 2.50. The van der Waals surface area contributed by atoms with Crippen LogP contribution in [0.3, 0.4) is 0 Å². The van der Waals surface area contributed by atoms with E-state index < -0.39 is 52.6 Å². The third-order valence-corrected chi connectivity index (χ3v) is 10.7. The van der Waals surface area contributed by atoms with Crippen LogP contribution in [0, 0.1) is 30.6 Å². The van der Waals surface area contributed by atoms with Crippen molar-refractivity contribution in [2.24, 2.45) is 23.7 Å². The molecule has 1 fully saturated rings. The number of hydrogen-bond donors (Lipinski definition) is 3. The maximum absolute atomic E-state index is 14.0. The van der Waals surface area contributed by atoms with Crippen LogP contribution in [0.4, 0.5) is 0 Å². The number of ether oxygens (including phenoxy) is 4. The minimum Gasteiger partial charge on any atom is -0.507 e. The Bertz CT molecular complexity index is 1730. The zero-order chi connectivity index (χ0) is 37.0. The second kappa shape index (κ2) is 13.7. The quantitative estimate of drug-likeness (QED) is 0.330. The first-order chi connectivity index (χ1) is 23.3. The maximum atomic E-state index is 14.0. The number of phenols is 1. The lowest BCUT2D eigenvalue weighted by molar-refractivity contribution is -0.336.